The van der Waals surface area contributed by atoms with Crippen LogP contribution in [0.3, 0.4) is 0 Å². The summed E-state index contributed by atoms with van der Waals surface area (Å²) < 4.78 is 24.7. The molecule has 3 aromatic carbocycles. The molecule has 5 rings (SSSR count). The Labute approximate surface area is 190 Å². The van der Waals surface area contributed by atoms with Gasteiger partial charge in [-0.2, -0.15) is 0 Å². The zero-order chi connectivity index (χ0) is 22.2. The molecule has 4 nitrogen and oxygen atoms in total. The van der Waals surface area contributed by atoms with Gasteiger partial charge in [-0.05, 0) is 50.2 Å². The quantitative estimate of drug-likeness (QED) is 0.536. The molecular formula is C27H30O4P+. The standard InChI is InChI=1S/C27H30O4P/c1-27(2)30-24-23(29-26(28-3)25(24)31-27)19-32(20-13-7-4-8-14-20,21-15-9-5-10-16-21)22-17-11-6-12-18-22/h4-18,23-26H,19H2,1-3H3/q+1/t23-,24?,25?,26+/m0/s1. The second-order valence-corrected chi connectivity index (χ2v) is 12.4. The molecule has 0 N–H and O–H groups in total. The minimum atomic E-state index is -2.05. The molecule has 0 aromatic heterocycles. The Kier molecular flexibility index (Phi) is 5.92. The summed E-state index contributed by atoms with van der Waals surface area (Å²) in [5, 5.41) is 3.99. The summed E-state index contributed by atoms with van der Waals surface area (Å²) >= 11 is 0. The lowest BCUT2D eigenvalue weighted by Gasteiger charge is -2.31. The molecule has 4 atom stereocenters. The van der Waals surface area contributed by atoms with Crippen molar-refractivity contribution in [3.8, 4) is 0 Å². The highest BCUT2D eigenvalue weighted by Gasteiger charge is 2.60. The Hall–Kier alpha value is -2.07. The van der Waals surface area contributed by atoms with Gasteiger partial charge in [-0.3, -0.25) is 0 Å². The summed E-state index contributed by atoms with van der Waals surface area (Å²) in [6, 6.07) is 32.5. The highest BCUT2D eigenvalue weighted by atomic mass is 31.2. The van der Waals surface area contributed by atoms with Gasteiger partial charge in [0.25, 0.3) is 0 Å². The molecule has 3 aromatic rings. The van der Waals surface area contributed by atoms with Crippen molar-refractivity contribution in [3.05, 3.63) is 91.0 Å². The molecule has 0 bridgehead atoms. The molecule has 2 heterocycles. The van der Waals surface area contributed by atoms with Crippen LogP contribution in [0.4, 0.5) is 0 Å². The van der Waals surface area contributed by atoms with E-state index in [4.69, 9.17) is 18.9 Å². The number of methoxy groups -OCH3 is 1. The highest BCUT2D eigenvalue weighted by molar-refractivity contribution is 7.95. The Morgan fingerprint density at radius 2 is 1.16 bits per heavy atom. The zero-order valence-electron chi connectivity index (χ0n) is 18.8. The monoisotopic (exact) mass is 449 g/mol. The van der Waals surface area contributed by atoms with Gasteiger partial charge in [-0.25, -0.2) is 0 Å². The smallest absolute Gasteiger partial charge is 0.186 e. The van der Waals surface area contributed by atoms with Gasteiger partial charge in [-0.1, -0.05) is 54.6 Å². The molecular weight excluding hydrogens is 419 g/mol. The van der Waals surface area contributed by atoms with Crippen LogP contribution in [0.25, 0.3) is 0 Å². The predicted molar refractivity (Wildman–Crippen MR) is 130 cm³/mol. The summed E-state index contributed by atoms with van der Waals surface area (Å²) in [5.74, 6) is -0.651. The van der Waals surface area contributed by atoms with Crippen molar-refractivity contribution in [1.82, 2.24) is 0 Å². The van der Waals surface area contributed by atoms with Crippen molar-refractivity contribution in [1.29, 1.82) is 0 Å². The fraction of sp³-hybridized carbons (Fsp3) is 0.333. The molecule has 2 unspecified atom stereocenters. The van der Waals surface area contributed by atoms with Crippen LogP contribution in [-0.4, -0.2) is 43.7 Å². The Balaban J connectivity index is 1.66. The fourth-order valence-corrected chi connectivity index (χ4v) is 9.46. The van der Waals surface area contributed by atoms with E-state index in [0.29, 0.717) is 0 Å². The third-order valence-electron chi connectivity index (χ3n) is 6.38. The van der Waals surface area contributed by atoms with Crippen LogP contribution in [0.1, 0.15) is 13.8 Å². The molecule has 166 valence electrons. The molecule has 2 saturated heterocycles. The molecule has 2 aliphatic rings. The number of benzene rings is 3. The van der Waals surface area contributed by atoms with E-state index >= 15 is 0 Å². The van der Waals surface area contributed by atoms with Crippen LogP contribution in [-0.2, 0) is 18.9 Å². The van der Waals surface area contributed by atoms with Gasteiger partial charge in [0.1, 0.15) is 47.6 Å². The number of hydrogen-bond acceptors (Lipinski definition) is 4. The molecule has 2 aliphatic heterocycles. The maximum Gasteiger partial charge on any atom is 0.186 e. The summed E-state index contributed by atoms with van der Waals surface area (Å²) in [5.41, 5.74) is 0. The van der Waals surface area contributed by atoms with E-state index in [1.807, 2.05) is 13.8 Å². The van der Waals surface area contributed by atoms with Crippen molar-refractivity contribution in [3.63, 3.8) is 0 Å². The molecule has 0 aliphatic carbocycles. The van der Waals surface area contributed by atoms with Crippen molar-refractivity contribution in [2.75, 3.05) is 13.3 Å². The molecule has 0 amide bonds. The van der Waals surface area contributed by atoms with Gasteiger partial charge >= 0.3 is 0 Å². The van der Waals surface area contributed by atoms with Crippen molar-refractivity contribution < 1.29 is 18.9 Å². The van der Waals surface area contributed by atoms with Gasteiger partial charge in [0.2, 0.25) is 0 Å². The van der Waals surface area contributed by atoms with E-state index in [0.717, 1.165) is 6.16 Å². The summed E-state index contributed by atoms with van der Waals surface area (Å²) in [6.07, 6.45) is -0.183. The van der Waals surface area contributed by atoms with E-state index in [9.17, 15) is 0 Å². The van der Waals surface area contributed by atoms with E-state index < -0.39 is 19.3 Å². The molecule has 0 saturated carbocycles. The average molecular weight is 450 g/mol. The third kappa shape index (κ3) is 3.81. The molecule has 32 heavy (non-hydrogen) atoms. The van der Waals surface area contributed by atoms with E-state index in [-0.39, 0.29) is 18.3 Å². The van der Waals surface area contributed by atoms with E-state index in [1.165, 1.54) is 15.9 Å². The molecule has 0 spiro atoms. The van der Waals surface area contributed by atoms with Crippen LogP contribution < -0.4 is 15.9 Å². The first-order chi connectivity index (χ1) is 15.5. The summed E-state index contributed by atoms with van der Waals surface area (Å²) in [6.45, 7) is 3.92. The Morgan fingerprint density at radius 1 is 0.719 bits per heavy atom. The minimum Gasteiger partial charge on any atom is -0.353 e. The maximum atomic E-state index is 6.45. The molecule has 5 heteroatoms. The predicted octanol–water partition coefficient (Wildman–Crippen LogP) is 3.87. The maximum absolute atomic E-state index is 6.45. The summed E-state index contributed by atoms with van der Waals surface area (Å²) in [7, 11) is -0.373. The number of hydrogen-bond donors (Lipinski definition) is 0. The SMILES string of the molecule is CO[C@@H]1O[C@@H](C[P+](c2ccccc2)(c2ccccc2)c2ccccc2)C2OC(C)(C)OC21. The Morgan fingerprint density at radius 3 is 1.59 bits per heavy atom. The van der Waals surface area contributed by atoms with Crippen LogP contribution in [0.15, 0.2) is 91.0 Å². The largest absolute Gasteiger partial charge is 0.353 e. The number of rotatable bonds is 6. The van der Waals surface area contributed by atoms with Gasteiger partial charge in [0.05, 0.1) is 0 Å². The molecule has 2 fully saturated rings. The van der Waals surface area contributed by atoms with Crippen LogP contribution >= 0.6 is 7.26 Å². The lowest BCUT2D eigenvalue weighted by Crippen LogP contribution is -2.41. The molecule has 0 radical (unpaired) electrons. The third-order valence-corrected chi connectivity index (χ3v) is 10.8. The van der Waals surface area contributed by atoms with Crippen LogP contribution in [0, 0.1) is 0 Å². The first-order valence-electron chi connectivity index (χ1n) is 11.1. The lowest BCUT2D eigenvalue weighted by atomic mass is 10.1. The van der Waals surface area contributed by atoms with Gasteiger partial charge in [0.15, 0.2) is 12.1 Å². The Bertz CT molecular complexity index is 929. The van der Waals surface area contributed by atoms with Crippen LogP contribution in [0.5, 0.6) is 0 Å². The lowest BCUT2D eigenvalue weighted by molar-refractivity contribution is -0.224. The minimum absolute atomic E-state index is 0.152. The second kappa shape index (κ2) is 8.70. The highest BCUT2D eigenvalue weighted by Crippen LogP contribution is 2.58. The number of fused-ring (bicyclic) bond motifs is 1. The van der Waals surface area contributed by atoms with E-state index in [1.54, 1.807) is 7.11 Å². The zero-order valence-corrected chi connectivity index (χ0v) is 19.7. The van der Waals surface area contributed by atoms with E-state index in [2.05, 4.69) is 91.0 Å². The second-order valence-electron chi connectivity index (χ2n) is 8.84. The topological polar surface area (TPSA) is 36.9 Å². The van der Waals surface area contributed by atoms with Crippen molar-refractivity contribution >= 4 is 23.2 Å². The van der Waals surface area contributed by atoms with Gasteiger partial charge in [0, 0.05) is 7.11 Å². The van der Waals surface area contributed by atoms with Crippen molar-refractivity contribution in [2.24, 2.45) is 0 Å². The first kappa shape index (κ1) is 21.8. The van der Waals surface area contributed by atoms with Gasteiger partial charge in [-0.15, -0.1) is 0 Å². The van der Waals surface area contributed by atoms with Crippen LogP contribution in [0.2, 0.25) is 0 Å². The first-order valence-corrected chi connectivity index (χ1v) is 13.1. The fourth-order valence-electron chi connectivity index (χ4n) is 5.06. The number of ether oxygens (including phenoxy) is 4. The van der Waals surface area contributed by atoms with Gasteiger partial charge < -0.3 is 18.9 Å². The normalized spacial score (nSPS) is 26.7. The summed E-state index contributed by atoms with van der Waals surface area (Å²) in [4.78, 5) is 0. The average Bonchev–Trinajstić information content (AvgIpc) is 3.32. The van der Waals surface area contributed by atoms with Crippen molar-refractivity contribution in [2.45, 2.75) is 44.2 Å².